The number of amides is 1. The molecule has 0 saturated heterocycles. The van der Waals surface area contributed by atoms with Gasteiger partial charge in [0.25, 0.3) is 5.91 Å². The first-order valence-electron chi connectivity index (χ1n) is 8.16. The van der Waals surface area contributed by atoms with Gasteiger partial charge in [-0.25, -0.2) is 0 Å². The normalized spacial score (nSPS) is 15.6. The standard InChI is InChI=1S/C18H28N2O/c1-13(2)10-11-20(15-6-4-5-7-15)18(21)16-12-14(3)8-9-17(16)19/h8-9,12-13,15H,4-7,10-11,19H2,1-3H3. The minimum atomic E-state index is 0.115. The summed E-state index contributed by atoms with van der Waals surface area (Å²) in [5.41, 5.74) is 8.39. The van der Waals surface area contributed by atoms with Gasteiger partial charge < -0.3 is 10.6 Å². The van der Waals surface area contributed by atoms with Gasteiger partial charge in [0.05, 0.1) is 5.56 Å². The Hall–Kier alpha value is -1.51. The van der Waals surface area contributed by atoms with Gasteiger partial charge in [0.2, 0.25) is 0 Å². The van der Waals surface area contributed by atoms with Crippen molar-refractivity contribution in [2.75, 3.05) is 12.3 Å². The molecule has 1 saturated carbocycles. The fourth-order valence-electron chi connectivity index (χ4n) is 3.07. The Morgan fingerprint density at radius 3 is 2.62 bits per heavy atom. The maximum Gasteiger partial charge on any atom is 0.256 e. The Morgan fingerprint density at radius 1 is 1.33 bits per heavy atom. The summed E-state index contributed by atoms with van der Waals surface area (Å²) in [6.07, 6.45) is 5.79. The van der Waals surface area contributed by atoms with Crippen LogP contribution in [0.15, 0.2) is 18.2 Å². The summed E-state index contributed by atoms with van der Waals surface area (Å²) in [6.45, 7) is 7.26. The van der Waals surface area contributed by atoms with Gasteiger partial charge in [-0.15, -0.1) is 0 Å². The highest BCUT2D eigenvalue weighted by Gasteiger charge is 2.28. The average molecular weight is 288 g/mol. The van der Waals surface area contributed by atoms with E-state index in [1.54, 1.807) is 0 Å². The Bertz CT molecular complexity index is 490. The fourth-order valence-corrected chi connectivity index (χ4v) is 3.07. The van der Waals surface area contributed by atoms with Crippen LogP contribution < -0.4 is 5.73 Å². The van der Waals surface area contributed by atoms with E-state index in [1.165, 1.54) is 12.8 Å². The van der Waals surface area contributed by atoms with Crippen molar-refractivity contribution in [2.24, 2.45) is 5.92 Å². The SMILES string of the molecule is Cc1ccc(N)c(C(=O)N(CCC(C)C)C2CCCC2)c1. The van der Waals surface area contributed by atoms with Gasteiger partial charge in [0, 0.05) is 18.3 Å². The molecule has 0 bridgehead atoms. The topological polar surface area (TPSA) is 46.3 Å². The van der Waals surface area contributed by atoms with E-state index in [2.05, 4.69) is 18.7 Å². The maximum absolute atomic E-state index is 13.0. The van der Waals surface area contributed by atoms with Gasteiger partial charge in [-0.3, -0.25) is 4.79 Å². The zero-order valence-corrected chi connectivity index (χ0v) is 13.6. The molecule has 21 heavy (non-hydrogen) atoms. The lowest BCUT2D eigenvalue weighted by atomic mass is 10.0. The predicted molar refractivity (Wildman–Crippen MR) is 88.3 cm³/mol. The molecule has 3 heteroatoms. The monoisotopic (exact) mass is 288 g/mol. The minimum Gasteiger partial charge on any atom is -0.398 e. The number of nitrogens with zero attached hydrogens (tertiary/aromatic N) is 1. The molecule has 0 radical (unpaired) electrons. The Labute approximate surface area is 128 Å². The lowest BCUT2D eigenvalue weighted by Crippen LogP contribution is -2.40. The number of nitrogens with two attached hydrogens (primary N) is 1. The van der Waals surface area contributed by atoms with Crippen LogP contribution in [-0.4, -0.2) is 23.4 Å². The van der Waals surface area contributed by atoms with Crippen molar-refractivity contribution in [2.45, 2.75) is 58.9 Å². The predicted octanol–water partition coefficient (Wildman–Crippen LogP) is 4.01. The van der Waals surface area contributed by atoms with Gasteiger partial charge in [0.1, 0.15) is 0 Å². The van der Waals surface area contributed by atoms with E-state index in [1.807, 2.05) is 25.1 Å². The molecule has 1 aromatic carbocycles. The second kappa shape index (κ2) is 6.97. The number of nitrogen functional groups attached to an aromatic ring is 1. The van der Waals surface area contributed by atoms with Crippen LogP contribution in [0.3, 0.4) is 0 Å². The van der Waals surface area contributed by atoms with E-state index in [0.717, 1.165) is 31.4 Å². The summed E-state index contributed by atoms with van der Waals surface area (Å²) in [6, 6.07) is 6.13. The van der Waals surface area contributed by atoms with Crippen molar-refractivity contribution in [3.63, 3.8) is 0 Å². The number of anilines is 1. The average Bonchev–Trinajstić information content (AvgIpc) is 2.95. The van der Waals surface area contributed by atoms with Crippen LogP contribution in [0, 0.1) is 12.8 Å². The van der Waals surface area contributed by atoms with Gasteiger partial charge in [-0.05, 0) is 44.2 Å². The summed E-state index contributed by atoms with van der Waals surface area (Å²) >= 11 is 0. The number of carbonyl (C=O) groups is 1. The highest BCUT2D eigenvalue weighted by molar-refractivity contribution is 5.99. The molecule has 1 aromatic rings. The van der Waals surface area contributed by atoms with E-state index in [0.29, 0.717) is 23.2 Å². The van der Waals surface area contributed by atoms with Gasteiger partial charge in [0.15, 0.2) is 0 Å². The van der Waals surface area contributed by atoms with E-state index in [-0.39, 0.29) is 5.91 Å². The molecule has 2 N–H and O–H groups in total. The Morgan fingerprint density at radius 2 is 2.00 bits per heavy atom. The summed E-state index contributed by atoms with van der Waals surface area (Å²) < 4.78 is 0. The molecule has 0 unspecified atom stereocenters. The minimum absolute atomic E-state index is 0.115. The smallest absolute Gasteiger partial charge is 0.256 e. The zero-order chi connectivity index (χ0) is 15.4. The third-order valence-electron chi connectivity index (χ3n) is 4.41. The first-order valence-corrected chi connectivity index (χ1v) is 8.16. The lowest BCUT2D eigenvalue weighted by Gasteiger charge is -2.30. The second-order valence-electron chi connectivity index (χ2n) is 6.71. The molecular formula is C18H28N2O. The molecule has 0 heterocycles. The van der Waals surface area contributed by atoms with Crippen molar-refractivity contribution < 1.29 is 4.79 Å². The number of benzene rings is 1. The molecule has 0 aromatic heterocycles. The molecule has 1 aliphatic rings. The third kappa shape index (κ3) is 3.99. The fraction of sp³-hybridized carbons (Fsp3) is 0.611. The largest absolute Gasteiger partial charge is 0.398 e. The summed E-state index contributed by atoms with van der Waals surface area (Å²) in [5.74, 6) is 0.723. The number of rotatable bonds is 5. The van der Waals surface area contributed by atoms with E-state index in [4.69, 9.17) is 5.73 Å². The van der Waals surface area contributed by atoms with Crippen LogP contribution >= 0.6 is 0 Å². The van der Waals surface area contributed by atoms with Crippen molar-refractivity contribution in [1.29, 1.82) is 0 Å². The molecular weight excluding hydrogens is 260 g/mol. The van der Waals surface area contributed by atoms with Crippen molar-refractivity contribution in [3.8, 4) is 0 Å². The van der Waals surface area contributed by atoms with Gasteiger partial charge in [-0.2, -0.15) is 0 Å². The number of hydrogen-bond donors (Lipinski definition) is 1. The molecule has 1 fully saturated rings. The second-order valence-corrected chi connectivity index (χ2v) is 6.71. The highest BCUT2D eigenvalue weighted by atomic mass is 16.2. The highest BCUT2D eigenvalue weighted by Crippen LogP contribution is 2.27. The van der Waals surface area contributed by atoms with Crippen LogP contribution in [0.5, 0.6) is 0 Å². The van der Waals surface area contributed by atoms with Crippen molar-refractivity contribution >= 4 is 11.6 Å². The number of hydrogen-bond acceptors (Lipinski definition) is 2. The van der Waals surface area contributed by atoms with Crippen LogP contribution in [0.1, 0.15) is 61.9 Å². The van der Waals surface area contributed by atoms with Gasteiger partial charge in [-0.1, -0.05) is 38.3 Å². The summed E-state index contributed by atoms with van der Waals surface area (Å²) in [4.78, 5) is 15.0. The molecule has 0 spiro atoms. The van der Waals surface area contributed by atoms with Crippen molar-refractivity contribution in [3.05, 3.63) is 29.3 Å². The number of aryl methyl sites for hydroxylation is 1. The summed E-state index contributed by atoms with van der Waals surface area (Å²) in [7, 11) is 0. The molecule has 0 atom stereocenters. The quantitative estimate of drug-likeness (QED) is 0.832. The zero-order valence-electron chi connectivity index (χ0n) is 13.6. The Kier molecular flexibility index (Phi) is 5.27. The van der Waals surface area contributed by atoms with Crippen LogP contribution in [0.25, 0.3) is 0 Å². The van der Waals surface area contributed by atoms with E-state index in [9.17, 15) is 4.79 Å². The number of carbonyl (C=O) groups excluding carboxylic acids is 1. The molecule has 2 rings (SSSR count). The van der Waals surface area contributed by atoms with Crippen LogP contribution in [-0.2, 0) is 0 Å². The van der Waals surface area contributed by atoms with Crippen LogP contribution in [0.4, 0.5) is 5.69 Å². The first-order chi connectivity index (χ1) is 9.99. The van der Waals surface area contributed by atoms with E-state index >= 15 is 0 Å². The molecule has 3 nitrogen and oxygen atoms in total. The molecule has 116 valence electrons. The maximum atomic E-state index is 13.0. The summed E-state index contributed by atoms with van der Waals surface area (Å²) in [5, 5.41) is 0. The van der Waals surface area contributed by atoms with Crippen molar-refractivity contribution in [1.82, 2.24) is 4.90 Å². The lowest BCUT2D eigenvalue weighted by molar-refractivity contribution is 0.0673. The Balaban J connectivity index is 2.21. The van der Waals surface area contributed by atoms with Crippen LogP contribution in [0.2, 0.25) is 0 Å². The van der Waals surface area contributed by atoms with Gasteiger partial charge >= 0.3 is 0 Å². The molecule has 1 amide bonds. The third-order valence-corrected chi connectivity index (χ3v) is 4.41. The molecule has 0 aliphatic heterocycles. The molecule has 1 aliphatic carbocycles. The first kappa shape index (κ1) is 15.9. The van der Waals surface area contributed by atoms with E-state index < -0.39 is 0 Å².